The van der Waals surface area contributed by atoms with Crippen LogP contribution in [0.3, 0.4) is 0 Å². The normalized spacial score (nSPS) is 8.88. The Kier molecular flexibility index (Phi) is 8.43. The molecule has 0 bridgehead atoms. The fraction of sp³-hybridized carbons (Fsp3) is 0.333. The van der Waals surface area contributed by atoms with Gasteiger partial charge in [0.2, 0.25) is 0 Å². The van der Waals surface area contributed by atoms with Crippen molar-refractivity contribution in [3.63, 3.8) is 0 Å². The molecule has 16 heavy (non-hydrogen) atoms. The SMILES string of the molecule is CCCCBr.O=Cc1ccccc1C(=O)O. The maximum absolute atomic E-state index is 10.4. The Hall–Kier alpha value is -1.16. The molecule has 4 heteroatoms. The number of hydrogen-bond acceptors (Lipinski definition) is 2. The van der Waals surface area contributed by atoms with Crippen LogP contribution in [0.4, 0.5) is 0 Å². The summed E-state index contributed by atoms with van der Waals surface area (Å²) in [4.78, 5) is 20.7. The van der Waals surface area contributed by atoms with E-state index in [0.29, 0.717) is 6.29 Å². The summed E-state index contributed by atoms with van der Waals surface area (Å²) in [6.45, 7) is 2.18. The average molecular weight is 287 g/mol. The Morgan fingerprint density at radius 2 is 2.06 bits per heavy atom. The summed E-state index contributed by atoms with van der Waals surface area (Å²) in [7, 11) is 0. The molecule has 1 N–H and O–H groups in total. The second kappa shape index (κ2) is 9.09. The first-order valence-corrected chi connectivity index (χ1v) is 6.13. The number of carboxylic acid groups (broad SMARTS) is 1. The number of carboxylic acids is 1. The lowest BCUT2D eigenvalue weighted by atomic mass is 10.1. The molecule has 0 saturated carbocycles. The van der Waals surface area contributed by atoms with Crippen molar-refractivity contribution in [2.45, 2.75) is 19.8 Å². The third-order valence-electron chi connectivity index (χ3n) is 1.81. The zero-order valence-electron chi connectivity index (χ0n) is 9.15. The van der Waals surface area contributed by atoms with Crippen molar-refractivity contribution in [3.8, 4) is 0 Å². The molecule has 0 atom stereocenters. The summed E-state index contributed by atoms with van der Waals surface area (Å²) >= 11 is 3.31. The van der Waals surface area contributed by atoms with E-state index in [9.17, 15) is 9.59 Å². The number of aldehydes is 1. The van der Waals surface area contributed by atoms with Crippen LogP contribution < -0.4 is 0 Å². The molecule has 0 spiro atoms. The Balaban J connectivity index is 0.000000385. The summed E-state index contributed by atoms with van der Waals surface area (Å²) in [5.41, 5.74) is 0.252. The standard InChI is InChI=1S/C8H6O3.C4H9Br/c9-5-6-3-1-2-4-7(6)8(10)11;1-2-3-4-5/h1-5H,(H,10,11);2-4H2,1H3. The number of hydrogen-bond donors (Lipinski definition) is 1. The van der Waals surface area contributed by atoms with E-state index in [1.165, 1.54) is 25.0 Å². The van der Waals surface area contributed by atoms with Gasteiger partial charge in [0.1, 0.15) is 0 Å². The van der Waals surface area contributed by atoms with Crippen molar-refractivity contribution in [3.05, 3.63) is 35.4 Å². The van der Waals surface area contributed by atoms with Crippen molar-refractivity contribution < 1.29 is 14.7 Å². The topological polar surface area (TPSA) is 54.4 Å². The zero-order valence-corrected chi connectivity index (χ0v) is 10.7. The molecule has 0 heterocycles. The summed E-state index contributed by atoms with van der Waals surface area (Å²) in [6, 6.07) is 6.06. The minimum Gasteiger partial charge on any atom is -0.478 e. The molecule has 0 aliphatic rings. The average Bonchev–Trinajstić information content (AvgIpc) is 2.31. The van der Waals surface area contributed by atoms with Crippen LogP contribution in [0.5, 0.6) is 0 Å². The highest BCUT2D eigenvalue weighted by molar-refractivity contribution is 9.09. The van der Waals surface area contributed by atoms with Crippen molar-refractivity contribution >= 4 is 28.2 Å². The Labute approximate surface area is 104 Å². The van der Waals surface area contributed by atoms with Gasteiger partial charge in [0, 0.05) is 10.9 Å². The molecule has 88 valence electrons. The Bertz CT molecular complexity index is 335. The smallest absolute Gasteiger partial charge is 0.336 e. The van der Waals surface area contributed by atoms with E-state index >= 15 is 0 Å². The molecule has 1 aromatic carbocycles. The molecule has 0 aliphatic carbocycles. The Morgan fingerprint density at radius 1 is 1.44 bits per heavy atom. The first-order chi connectivity index (χ1) is 7.67. The molecule has 0 radical (unpaired) electrons. The molecule has 1 rings (SSSR count). The van der Waals surface area contributed by atoms with Gasteiger partial charge in [-0.15, -0.1) is 0 Å². The number of halogens is 1. The molecule has 0 fully saturated rings. The highest BCUT2D eigenvalue weighted by atomic mass is 79.9. The van der Waals surface area contributed by atoms with Crippen LogP contribution >= 0.6 is 15.9 Å². The third-order valence-corrected chi connectivity index (χ3v) is 2.37. The number of benzene rings is 1. The molecule has 0 unspecified atom stereocenters. The van der Waals surface area contributed by atoms with Gasteiger partial charge >= 0.3 is 5.97 Å². The van der Waals surface area contributed by atoms with E-state index < -0.39 is 5.97 Å². The molecule has 0 aliphatic heterocycles. The van der Waals surface area contributed by atoms with Gasteiger partial charge in [-0.25, -0.2) is 4.79 Å². The van der Waals surface area contributed by atoms with E-state index in [4.69, 9.17) is 5.11 Å². The van der Waals surface area contributed by atoms with Gasteiger partial charge in [-0.1, -0.05) is 47.5 Å². The van der Waals surface area contributed by atoms with Gasteiger partial charge in [0.25, 0.3) is 0 Å². The fourth-order valence-electron chi connectivity index (χ4n) is 0.928. The monoisotopic (exact) mass is 286 g/mol. The van der Waals surface area contributed by atoms with Crippen LogP contribution in [0.25, 0.3) is 0 Å². The number of alkyl halides is 1. The number of rotatable bonds is 4. The zero-order chi connectivity index (χ0) is 12.4. The summed E-state index contributed by atoms with van der Waals surface area (Å²) in [6.07, 6.45) is 3.13. The van der Waals surface area contributed by atoms with Gasteiger partial charge in [-0.05, 0) is 12.5 Å². The summed E-state index contributed by atoms with van der Waals surface area (Å²) < 4.78 is 0. The predicted octanol–water partition coefficient (Wildman–Crippen LogP) is 3.38. The van der Waals surface area contributed by atoms with Crippen LogP contribution in [-0.2, 0) is 0 Å². The molecule has 1 aromatic rings. The lowest BCUT2D eigenvalue weighted by molar-refractivity contribution is 0.0694. The number of carbonyl (C=O) groups excluding carboxylic acids is 1. The van der Waals surface area contributed by atoms with Crippen molar-refractivity contribution in [1.82, 2.24) is 0 Å². The largest absolute Gasteiger partial charge is 0.478 e. The van der Waals surface area contributed by atoms with Crippen LogP contribution in [-0.4, -0.2) is 22.7 Å². The van der Waals surface area contributed by atoms with Gasteiger partial charge in [-0.3, -0.25) is 4.79 Å². The van der Waals surface area contributed by atoms with Crippen LogP contribution in [0, 0.1) is 0 Å². The lowest BCUT2D eigenvalue weighted by Gasteiger charge is -1.95. The second-order valence-electron chi connectivity index (χ2n) is 3.05. The molecule has 3 nitrogen and oxygen atoms in total. The second-order valence-corrected chi connectivity index (χ2v) is 3.85. The minimum absolute atomic E-state index is 0.0440. The summed E-state index contributed by atoms with van der Waals surface area (Å²) in [5.74, 6) is -1.08. The van der Waals surface area contributed by atoms with Crippen LogP contribution in [0.2, 0.25) is 0 Å². The number of aromatic carboxylic acids is 1. The van der Waals surface area contributed by atoms with Gasteiger partial charge in [-0.2, -0.15) is 0 Å². The van der Waals surface area contributed by atoms with Crippen molar-refractivity contribution in [2.75, 3.05) is 5.33 Å². The number of carbonyl (C=O) groups is 2. The maximum Gasteiger partial charge on any atom is 0.336 e. The predicted molar refractivity (Wildman–Crippen MR) is 67.5 cm³/mol. The van der Waals surface area contributed by atoms with E-state index in [0.717, 1.165) is 5.33 Å². The quantitative estimate of drug-likeness (QED) is 0.682. The molecular weight excluding hydrogens is 272 g/mol. The third kappa shape index (κ3) is 5.66. The van der Waals surface area contributed by atoms with E-state index in [1.54, 1.807) is 12.1 Å². The van der Waals surface area contributed by atoms with Gasteiger partial charge in [0.15, 0.2) is 6.29 Å². The van der Waals surface area contributed by atoms with E-state index in [2.05, 4.69) is 22.9 Å². The van der Waals surface area contributed by atoms with Crippen molar-refractivity contribution in [1.29, 1.82) is 0 Å². The molecule has 0 saturated heterocycles. The van der Waals surface area contributed by atoms with Gasteiger partial charge < -0.3 is 5.11 Å². The lowest BCUT2D eigenvalue weighted by Crippen LogP contribution is -2.00. The molecule has 0 aromatic heterocycles. The van der Waals surface area contributed by atoms with E-state index in [1.807, 2.05) is 0 Å². The van der Waals surface area contributed by atoms with Crippen LogP contribution in [0.1, 0.15) is 40.5 Å². The number of unbranched alkanes of at least 4 members (excludes halogenated alkanes) is 1. The first-order valence-electron chi connectivity index (χ1n) is 5.00. The maximum atomic E-state index is 10.4. The highest BCUT2D eigenvalue weighted by Crippen LogP contribution is 2.04. The fourth-order valence-corrected chi connectivity index (χ4v) is 1.49. The Morgan fingerprint density at radius 3 is 2.38 bits per heavy atom. The molecular formula is C12H15BrO3. The van der Waals surface area contributed by atoms with Crippen molar-refractivity contribution in [2.24, 2.45) is 0 Å². The van der Waals surface area contributed by atoms with Crippen LogP contribution in [0.15, 0.2) is 24.3 Å². The van der Waals surface area contributed by atoms with Gasteiger partial charge in [0.05, 0.1) is 5.56 Å². The van der Waals surface area contributed by atoms with E-state index in [-0.39, 0.29) is 11.1 Å². The first kappa shape index (κ1) is 14.8. The highest BCUT2D eigenvalue weighted by Gasteiger charge is 2.06. The summed E-state index contributed by atoms with van der Waals surface area (Å²) in [5, 5.41) is 9.69. The molecule has 0 amide bonds. The minimum atomic E-state index is -1.08.